The van der Waals surface area contributed by atoms with Crippen LogP contribution in [0.25, 0.3) is 0 Å². The minimum Gasteiger partial charge on any atom is -0.493 e. The first-order chi connectivity index (χ1) is 16.3. The Morgan fingerprint density at radius 3 is 2.62 bits per heavy atom. The number of nitrogens with zero attached hydrogens (tertiary/aromatic N) is 2. The molecular weight excluding hydrogens is 470 g/mol. The third kappa shape index (κ3) is 5.90. The Bertz CT molecular complexity index is 1250. The molecule has 0 unspecified atom stereocenters. The number of nitro groups is 1. The van der Waals surface area contributed by atoms with Gasteiger partial charge in [-0.05, 0) is 42.0 Å². The molecule has 0 saturated heterocycles. The molecule has 0 aliphatic carbocycles. The number of halogens is 1. The molecule has 0 aliphatic rings. The number of furan rings is 1. The van der Waals surface area contributed by atoms with Crippen LogP contribution in [0.15, 0.2) is 58.0 Å². The van der Waals surface area contributed by atoms with Crippen LogP contribution in [0, 0.1) is 10.1 Å². The normalized spacial score (nSPS) is 10.7. The van der Waals surface area contributed by atoms with Gasteiger partial charge in [0.15, 0.2) is 11.5 Å². The van der Waals surface area contributed by atoms with Gasteiger partial charge in [-0.25, -0.2) is 10.2 Å². The highest BCUT2D eigenvalue weighted by Crippen LogP contribution is 2.28. The summed E-state index contributed by atoms with van der Waals surface area (Å²) in [5.74, 6) is 0.0754. The summed E-state index contributed by atoms with van der Waals surface area (Å²) in [6.45, 7) is 0.0485. The predicted octanol–water partition coefficient (Wildman–Crippen LogP) is 3.98. The lowest BCUT2D eigenvalue weighted by Crippen LogP contribution is -2.18. The van der Waals surface area contributed by atoms with Gasteiger partial charge in [-0.15, -0.1) is 0 Å². The molecule has 0 saturated carbocycles. The summed E-state index contributed by atoms with van der Waals surface area (Å²) in [4.78, 5) is 33.9. The molecular formula is C22H18ClN3O8. The van der Waals surface area contributed by atoms with Crippen LogP contribution in [0.2, 0.25) is 5.02 Å². The third-order valence-electron chi connectivity index (χ3n) is 4.39. The molecule has 1 amide bonds. The average molecular weight is 488 g/mol. The van der Waals surface area contributed by atoms with Crippen LogP contribution in [-0.2, 0) is 11.3 Å². The fourth-order valence-electron chi connectivity index (χ4n) is 2.73. The molecule has 11 nitrogen and oxygen atoms in total. The van der Waals surface area contributed by atoms with Crippen molar-refractivity contribution in [2.24, 2.45) is 5.10 Å². The number of carbonyl (C=O) groups is 2. The van der Waals surface area contributed by atoms with Gasteiger partial charge in [0.2, 0.25) is 5.76 Å². The van der Waals surface area contributed by atoms with E-state index in [4.69, 9.17) is 25.5 Å². The van der Waals surface area contributed by atoms with E-state index in [0.29, 0.717) is 22.8 Å². The molecule has 0 atom stereocenters. The Labute approximate surface area is 198 Å². The quantitative estimate of drug-likeness (QED) is 0.206. The van der Waals surface area contributed by atoms with Crippen molar-refractivity contribution in [1.29, 1.82) is 0 Å². The van der Waals surface area contributed by atoms with Crippen LogP contribution in [0.1, 0.15) is 32.2 Å². The molecule has 1 heterocycles. The zero-order valence-corrected chi connectivity index (χ0v) is 18.7. The molecule has 0 fully saturated rings. The highest BCUT2D eigenvalue weighted by Gasteiger charge is 2.15. The molecule has 12 heteroatoms. The molecule has 2 aromatic carbocycles. The van der Waals surface area contributed by atoms with Gasteiger partial charge in [-0.1, -0.05) is 11.6 Å². The smallest absolute Gasteiger partial charge is 0.373 e. The van der Waals surface area contributed by atoms with Crippen molar-refractivity contribution in [2.45, 2.75) is 6.61 Å². The van der Waals surface area contributed by atoms with Gasteiger partial charge in [0.05, 0.1) is 35.9 Å². The number of hydrogen-bond donors (Lipinski definition) is 1. The van der Waals surface area contributed by atoms with Crippen molar-refractivity contribution in [3.8, 4) is 11.5 Å². The van der Waals surface area contributed by atoms with Crippen LogP contribution in [0.4, 0.5) is 5.69 Å². The average Bonchev–Trinajstić information content (AvgIpc) is 3.31. The Hall–Kier alpha value is -4.38. The van der Waals surface area contributed by atoms with Crippen molar-refractivity contribution in [2.75, 3.05) is 14.2 Å². The maximum absolute atomic E-state index is 12.2. The van der Waals surface area contributed by atoms with Crippen LogP contribution in [-0.4, -0.2) is 37.2 Å². The molecule has 3 rings (SSSR count). The first-order valence-corrected chi connectivity index (χ1v) is 9.95. The van der Waals surface area contributed by atoms with Gasteiger partial charge in [-0.3, -0.25) is 14.9 Å². The number of benzene rings is 2. The summed E-state index contributed by atoms with van der Waals surface area (Å²) < 4.78 is 21.0. The Morgan fingerprint density at radius 1 is 1.15 bits per heavy atom. The monoisotopic (exact) mass is 487 g/mol. The number of nitrogens with one attached hydrogen (secondary N) is 1. The van der Waals surface area contributed by atoms with E-state index in [1.165, 1.54) is 38.6 Å². The molecule has 3 aromatic rings. The summed E-state index contributed by atoms with van der Waals surface area (Å²) in [5.41, 5.74) is 2.71. The Balaban J connectivity index is 1.62. The van der Waals surface area contributed by atoms with Crippen molar-refractivity contribution in [3.05, 3.63) is 86.3 Å². The van der Waals surface area contributed by atoms with Crippen molar-refractivity contribution in [1.82, 2.24) is 5.43 Å². The van der Waals surface area contributed by atoms with E-state index in [0.717, 1.165) is 6.07 Å². The lowest BCUT2D eigenvalue weighted by Gasteiger charge is -2.10. The van der Waals surface area contributed by atoms with E-state index >= 15 is 0 Å². The second-order valence-corrected chi connectivity index (χ2v) is 6.98. The lowest BCUT2D eigenvalue weighted by molar-refractivity contribution is -0.384. The molecule has 176 valence electrons. The number of nitro benzene ring substituents is 1. The highest BCUT2D eigenvalue weighted by molar-refractivity contribution is 6.34. The van der Waals surface area contributed by atoms with E-state index in [2.05, 4.69) is 15.3 Å². The predicted molar refractivity (Wildman–Crippen MR) is 121 cm³/mol. The Kier molecular flexibility index (Phi) is 7.83. The van der Waals surface area contributed by atoms with Gasteiger partial charge in [0, 0.05) is 12.1 Å². The van der Waals surface area contributed by atoms with E-state index in [1.54, 1.807) is 24.3 Å². The lowest BCUT2D eigenvalue weighted by atomic mass is 10.2. The number of non-ortho nitro benzene ring substituents is 1. The van der Waals surface area contributed by atoms with E-state index in [1.807, 2.05) is 0 Å². The second-order valence-electron chi connectivity index (χ2n) is 6.58. The van der Waals surface area contributed by atoms with Gasteiger partial charge >= 0.3 is 5.97 Å². The molecule has 0 radical (unpaired) electrons. The zero-order valence-electron chi connectivity index (χ0n) is 17.9. The highest BCUT2D eigenvalue weighted by atomic mass is 35.5. The Morgan fingerprint density at radius 2 is 1.94 bits per heavy atom. The second kappa shape index (κ2) is 11.0. The summed E-state index contributed by atoms with van der Waals surface area (Å²) in [6.07, 6.45) is 1.37. The minimum atomic E-state index is -0.632. The minimum absolute atomic E-state index is 0.0408. The zero-order chi connectivity index (χ0) is 24.7. The topological polar surface area (TPSA) is 142 Å². The number of hydrazone groups is 1. The first kappa shape index (κ1) is 24.3. The number of hydrogen-bond acceptors (Lipinski definition) is 9. The third-order valence-corrected chi connectivity index (χ3v) is 4.71. The molecule has 0 bridgehead atoms. The number of methoxy groups -OCH3 is 2. The van der Waals surface area contributed by atoms with Crippen LogP contribution in [0.5, 0.6) is 11.5 Å². The maximum Gasteiger partial charge on any atom is 0.373 e. The van der Waals surface area contributed by atoms with Gasteiger partial charge in [-0.2, -0.15) is 5.10 Å². The van der Waals surface area contributed by atoms with Gasteiger partial charge in [0.25, 0.3) is 11.6 Å². The first-order valence-electron chi connectivity index (χ1n) is 9.57. The summed E-state index contributed by atoms with van der Waals surface area (Å²) >= 11 is 5.94. The molecule has 1 aromatic heterocycles. The number of ether oxygens (including phenoxy) is 3. The number of rotatable bonds is 9. The van der Waals surface area contributed by atoms with E-state index in [-0.39, 0.29) is 28.6 Å². The van der Waals surface area contributed by atoms with Crippen molar-refractivity contribution in [3.63, 3.8) is 0 Å². The summed E-state index contributed by atoms with van der Waals surface area (Å²) in [5, 5.41) is 14.6. The van der Waals surface area contributed by atoms with Gasteiger partial charge < -0.3 is 18.6 Å². The standard InChI is InChI=1S/C22H18ClN3O8/c1-31-20-9-13(3-7-18(20)33-12-15-5-8-19(34-15)22(28)32-2)11-24-25-21(27)16-6-4-14(26(29)30)10-17(16)23/h3-11H,12H2,1-2H3,(H,25,27). The largest absolute Gasteiger partial charge is 0.493 e. The maximum atomic E-state index is 12.2. The molecule has 0 aliphatic heterocycles. The van der Waals surface area contributed by atoms with Crippen LogP contribution < -0.4 is 14.9 Å². The number of esters is 1. The fraction of sp³-hybridized carbons (Fsp3) is 0.136. The summed E-state index contributed by atoms with van der Waals surface area (Å²) in [6, 6.07) is 11.5. The van der Waals surface area contributed by atoms with Gasteiger partial charge in [0.1, 0.15) is 12.4 Å². The van der Waals surface area contributed by atoms with E-state index in [9.17, 15) is 19.7 Å². The van der Waals surface area contributed by atoms with Crippen LogP contribution in [0.3, 0.4) is 0 Å². The molecule has 34 heavy (non-hydrogen) atoms. The van der Waals surface area contributed by atoms with Crippen molar-refractivity contribution < 1.29 is 33.1 Å². The SMILES string of the molecule is COC(=O)c1ccc(COc2ccc(C=NNC(=O)c3ccc([N+](=O)[O-])cc3Cl)cc2OC)o1. The number of carbonyl (C=O) groups excluding carboxylic acids is 2. The van der Waals surface area contributed by atoms with Crippen LogP contribution >= 0.6 is 11.6 Å². The molecule has 0 spiro atoms. The number of amides is 1. The fourth-order valence-corrected chi connectivity index (χ4v) is 2.99. The van der Waals surface area contributed by atoms with Crippen molar-refractivity contribution >= 4 is 35.4 Å². The summed E-state index contributed by atoms with van der Waals surface area (Å²) in [7, 11) is 2.72. The van der Waals surface area contributed by atoms with E-state index < -0.39 is 16.8 Å². The molecule has 1 N–H and O–H groups in total.